The molecule has 4 heteroatoms. The quantitative estimate of drug-likeness (QED) is 0.692. The van der Waals surface area contributed by atoms with Gasteiger partial charge in [0.25, 0.3) is 0 Å². The van der Waals surface area contributed by atoms with Gasteiger partial charge in [0.15, 0.2) is 0 Å². The Labute approximate surface area is 124 Å². The Morgan fingerprint density at radius 1 is 1.14 bits per heavy atom. The van der Waals surface area contributed by atoms with E-state index in [4.69, 9.17) is 15.2 Å². The predicted octanol–water partition coefficient (Wildman–Crippen LogP) is 3.25. The number of benzene rings is 2. The minimum absolute atomic E-state index is 0.230. The Balaban J connectivity index is 2.15. The summed E-state index contributed by atoms with van der Waals surface area (Å²) in [7, 11) is 1.54. The summed E-state index contributed by atoms with van der Waals surface area (Å²) in [6.45, 7) is 4.22. The van der Waals surface area contributed by atoms with Crippen LogP contribution in [0.1, 0.15) is 27.0 Å². The number of hydrogen-bond donors (Lipinski definition) is 1. The van der Waals surface area contributed by atoms with Crippen molar-refractivity contribution < 1.29 is 14.3 Å². The fourth-order valence-corrected chi connectivity index (χ4v) is 2.13. The molecule has 0 aromatic heterocycles. The number of ether oxygens (including phenoxy) is 2. The molecule has 0 unspecified atom stereocenters. The second-order valence-electron chi connectivity index (χ2n) is 4.90. The molecular formula is C17H19NO3. The maximum Gasteiger partial charge on any atom is 0.340 e. The Kier molecular flexibility index (Phi) is 4.48. The summed E-state index contributed by atoms with van der Waals surface area (Å²) in [5, 5.41) is 0. The molecule has 0 amide bonds. The Bertz CT molecular complexity index is 645. The molecule has 21 heavy (non-hydrogen) atoms. The van der Waals surface area contributed by atoms with Gasteiger partial charge < -0.3 is 15.2 Å². The van der Waals surface area contributed by atoms with Crippen molar-refractivity contribution in [2.24, 2.45) is 0 Å². The number of hydrogen-bond acceptors (Lipinski definition) is 4. The van der Waals surface area contributed by atoms with Crippen LogP contribution in [0.4, 0.5) is 5.69 Å². The van der Waals surface area contributed by atoms with Crippen LogP contribution in [0.5, 0.6) is 5.75 Å². The van der Waals surface area contributed by atoms with Crippen molar-refractivity contribution in [2.45, 2.75) is 20.5 Å². The lowest BCUT2D eigenvalue weighted by molar-refractivity contribution is 0.0472. The Morgan fingerprint density at radius 2 is 1.81 bits per heavy atom. The molecule has 0 aliphatic heterocycles. The SMILES string of the molecule is COc1ccc(N)c(C(=O)OCc2c(C)cccc2C)c1. The van der Waals surface area contributed by atoms with E-state index in [9.17, 15) is 4.79 Å². The van der Waals surface area contributed by atoms with Gasteiger partial charge in [-0.25, -0.2) is 4.79 Å². The van der Waals surface area contributed by atoms with Crippen LogP contribution in [0.2, 0.25) is 0 Å². The molecule has 0 saturated heterocycles. The number of nitrogen functional groups attached to an aromatic ring is 1. The molecule has 0 saturated carbocycles. The van der Waals surface area contributed by atoms with Gasteiger partial charge in [-0.2, -0.15) is 0 Å². The summed E-state index contributed by atoms with van der Waals surface area (Å²) < 4.78 is 10.5. The van der Waals surface area contributed by atoms with Crippen LogP contribution in [0.3, 0.4) is 0 Å². The van der Waals surface area contributed by atoms with E-state index in [1.54, 1.807) is 18.2 Å². The summed E-state index contributed by atoms with van der Waals surface area (Å²) in [6.07, 6.45) is 0. The molecule has 0 heterocycles. The second-order valence-corrected chi connectivity index (χ2v) is 4.90. The van der Waals surface area contributed by atoms with E-state index in [1.165, 1.54) is 7.11 Å². The monoisotopic (exact) mass is 285 g/mol. The number of methoxy groups -OCH3 is 1. The third-order valence-corrected chi connectivity index (χ3v) is 3.47. The van der Waals surface area contributed by atoms with Gasteiger partial charge in [0.05, 0.1) is 12.7 Å². The lowest BCUT2D eigenvalue weighted by atomic mass is 10.0. The molecule has 2 aromatic rings. The molecule has 0 atom stereocenters. The summed E-state index contributed by atoms with van der Waals surface area (Å²) in [6, 6.07) is 10.9. The van der Waals surface area contributed by atoms with Gasteiger partial charge in [-0.3, -0.25) is 0 Å². The van der Waals surface area contributed by atoms with Crippen LogP contribution in [-0.4, -0.2) is 13.1 Å². The zero-order chi connectivity index (χ0) is 15.4. The van der Waals surface area contributed by atoms with E-state index >= 15 is 0 Å². The van der Waals surface area contributed by atoms with Crippen molar-refractivity contribution in [2.75, 3.05) is 12.8 Å². The molecule has 4 nitrogen and oxygen atoms in total. The lowest BCUT2D eigenvalue weighted by Gasteiger charge is -2.12. The highest BCUT2D eigenvalue weighted by Gasteiger charge is 2.14. The van der Waals surface area contributed by atoms with Crippen LogP contribution >= 0.6 is 0 Å². The number of carbonyl (C=O) groups excluding carboxylic acids is 1. The molecular weight excluding hydrogens is 266 g/mol. The molecule has 2 aromatic carbocycles. The fraction of sp³-hybridized carbons (Fsp3) is 0.235. The van der Waals surface area contributed by atoms with Gasteiger partial charge in [-0.1, -0.05) is 18.2 Å². The molecule has 0 bridgehead atoms. The van der Waals surface area contributed by atoms with E-state index in [0.717, 1.165) is 16.7 Å². The van der Waals surface area contributed by atoms with E-state index in [2.05, 4.69) is 0 Å². The summed E-state index contributed by atoms with van der Waals surface area (Å²) in [5.74, 6) is 0.122. The first kappa shape index (κ1) is 14.9. The minimum atomic E-state index is -0.450. The highest BCUT2D eigenvalue weighted by Crippen LogP contribution is 2.21. The van der Waals surface area contributed by atoms with Gasteiger partial charge in [0.1, 0.15) is 12.4 Å². The number of nitrogens with two attached hydrogens (primary N) is 1. The van der Waals surface area contributed by atoms with E-state index in [0.29, 0.717) is 17.0 Å². The summed E-state index contributed by atoms with van der Waals surface area (Å²) in [4.78, 5) is 12.2. The highest BCUT2D eigenvalue weighted by atomic mass is 16.5. The average Bonchev–Trinajstić information content (AvgIpc) is 2.47. The molecule has 2 rings (SSSR count). The third kappa shape index (κ3) is 3.34. The van der Waals surface area contributed by atoms with E-state index < -0.39 is 5.97 Å². The van der Waals surface area contributed by atoms with Crippen molar-refractivity contribution in [3.05, 3.63) is 58.7 Å². The summed E-state index contributed by atoms with van der Waals surface area (Å²) in [5.41, 5.74) is 9.73. The first-order valence-electron chi connectivity index (χ1n) is 6.68. The molecule has 110 valence electrons. The number of rotatable bonds is 4. The van der Waals surface area contributed by atoms with Crippen molar-refractivity contribution in [3.8, 4) is 5.75 Å². The van der Waals surface area contributed by atoms with Crippen LogP contribution in [-0.2, 0) is 11.3 Å². The van der Waals surface area contributed by atoms with Crippen molar-refractivity contribution in [3.63, 3.8) is 0 Å². The van der Waals surface area contributed by atoms with Crippen LogP contribution in [0, 0.1) is 13.8 Å². The van der Waals surface area contributed by atoms with E-state index in [1.807, 2.05) is 32.0 Å². The molecule has 2 N–H and O–H groups in total. The predicted molar refractivity (Wildman–Crippen MR) is 82.4 cm³/mol. The highest BCUT2D eigenvalue weighted by molar-refractivity contribution is 5.95. The zero-order valence-corrected chi connectivity index (χ0v) is 12.5. The Morgan fingerprint density at radius 3 is 2.43 bits per heavy atom. The molecule has 0 aliphatic rings. The van der Waals surface area contributed by atoms with Gasteiger partial charge in [0.2, 0.25) is 0 Å². The molecule has 0 aliphatic carbocycles. The minimum Gasteiger partial charge on any atom is -0.497 e. The van der Waals surface area contributed by atoms with Gasteiger partial charge >= 0.3 is 5.97 Å². The van der Waals surface area contributed by atoms with Crippen LogP contribution < -0.4 is 10.5 Å². The molecule has 0 fully saturated rings. The third-order valence-electron chi connectivity index (χ3n) is 3.47. The van der Waals surface area contributed by atoms with Gasteiger partial charge in [-0.05, 0) is 48.7 Å². The summed E-state index contributed by atoms with van der Waals surface area (Å²) >= 11 is 0. The van der Waals surface area contributed by atoms with E-state index in [-0.39, 0.29) is 6.61 Å². The number of aryl methyl sites for hydroxylation is 2. The largest absolute Gasteiger partial charge is 0.497 e. The normalized spacial score (nSPS) is 10.2. The second kappa shape index (κ2) is 6.31. The maximum atomic E-state index is 12.2. The number of carbonyl (C=O) groups is 1. The maximum absolute atomic E-state index is 12.2. The average molecular weight is 285 g/mol. The lowest BCUT2D eigenvalue weighted by Crippen LogP contribution is -2.09. The zero-order valence-electron chi connectivity index (χ0n) is 12.5. The van der Waals surface area contributed by atoms with Crippen molar-refractivity contribution in [1.82, 2.24) is 0 Å². The van der Waals surface area contributed by atoms with Crippen LogP contribution in [0.25, 0.3) is 0 Å². The van der Waals surface area contributed by atoms with Crippen molar-refractivity contribution in [1.29, 1.82) is 0 Å². The standard InChI is InChI=1S/C17H19NO3/c1-11-5-4-6-12(2)15(11)10-21-17(19)14-9-13(20-3)7-8-16(14)18/h4-9H,10,18H2,1-3H3. The Hall–Kier alpha value is -2.49. The van der Waals surface area contributed by atoms with Crippen molar-refractivity contribution >= 4 is 11.7 Å². The first-order chi connectivity index (χ1) is 10.0. The smallest absolute Gasteiger partial charge is 0.340 e. The number of anilines is 1. The van der Waals surface area contributed by atoms with Gasteiger partial charge in [-0.15, -0.1) is 0 Å². The molecule has 0 radical (unpaired) electrons. The topological polar surface area (TPSA) is 61.5 Å². The number of esters is 1. The first-order valence-corrected chi connectivity index (χ1v) is 6.68. The van der Waals surface area contributed by atoms with Crippen LogP contribution in [0.15, 0.2) is 36.4 Å². The fourth-order valence-electron chi connectivity index (χ4n) is 2.13. The molecule has 0 spiro atoms. The van der Waals surface area contributed by atoms with Gasteiger partial charge in [0, 0.05) is 5.69 Å².